The molecule has 22 heavy (non-hydrogen) atoms. The van der Waals surface area contributed by atoms with E-state index in [1.54, 1.807) is 0 Å². The van der Waals surface area contributed by atoms with E-state index in [4.69, 9.17) is 9.47 Å². The number of carbonyl (C=O) groups excluding carboxylic acids is 1. The van der Waals surface area contributed by atoms with E-state index < -0.39 is 0 Å². The number of amides is 1. The normalized spacial score (nSPS) is 22.6. The van der Waals surface area contributed by atoms with Crippen molar-refractivity contribution in [2.45, 2.75) is 31.6 Å². The molecule has 2 saturated heterocycles. The molecule has 0 aliphatic carbocycles. The minimum Gasteiger partial charge on any atom is -0.348 e. The molecule has 0 aromatic heterocycles. The fourth-order valence-corrected chi connectivity index (χ4v) is 3.15. The van der Waals surface area contributed by atoms with E-state index >= 15 is 0 Å². The van der Waals surface area contributed by atoms with Gasteiger partial charge in [0.25, 0.3) is 0 Å². The van der Waals surface area contributed by atoms with Gasteiger partial charge in [-0.2, -0.15) is 0 Å². The predicted octanol–water partition coefficient (Wildman–Crippen LogP) is 1.70. The lowest BCUT2D eigenvalue weighted by Crippen LogP contribution is -2.48. The van der Waals surface area contributed by atoms with Gasteiger partial charge in [-0.05, 0) is 12.5 Å². The third-order valence-electron chi connectivity index (χ3n) is 4.48. The van der Waals surface area contributed by atoms with Crippen LogP contribution < -0.4 is 5.32 Å². The van der Waals surface area contributed by atoms with Crippen molar-refractivity contribution in [3.8, 4) is 0 Å². The third-order valence-corrected chi connectivity index (χ3v) is 4.48. The van der Waals surface area contributed by atoms with Gasteiger partial charge >= 0.3 is 0 Å². The van der Waals surface area contributed by atoms with Crippen LogP contribution in [0.15, 0.2) is 30.3 Å². The van der Waals surface area contributed by atoms with Crippen molar-refractivity contribution in [3.05, 3.63) is 35.9 Å². The summed E-state index contributed by atoms with van der Waals surface area (Å²) >= 11 is 0. The highest BCUT2D eigenvalue weighted by Crippen LogP contribution is 2.31. The number of hydrogen-bond donors (Lipinski definition) is 1. The van der Waals surface area contributed by atoms with E-state index in [0.717, 1.165) is 31.5 Å². The van der Waals surface area contributed by atoms with Crippen LogP contribution in [0.2, 0.25) is 0 Å². The highest BCUT2D eigenvalue weighted by molar-refractivity contribution is 5.78. The number of carbonyl (C=O) groups is 1. The highest BCUT2D eigenvalue weighted by Gasteiger charge is 2.39. The van der Waals surface area contributed by atoms with E-state index in [9.17, 15) is 4.79 Å². The molecule has 1 unspecified atom stereocenters. The molecule has 2 heterocycles. The van der Waals surface area contributed by atoms with Crippen LogP contribution in [0.5, 0.6) is 0 Å². The van der Waals surface area contributed by atoms with Crippen LogP contribution in [0, 0.1) is 0 Å². The molecule has 1 atom stereocenters. The summed E-state index contributed by atoms with van der Waals surface area (Å²) in [5.41, 5.74) is 1.13. The first kappa shape index (κ1) is 15.5. The topological polar surface area (TPSA) is 50.8 Å². The number of hydrogen-bond acceptors (Lipinski definition) is 4. The van der Waals surface area contributed by atoms with E-state index in [0.29, 0.717) is 19.8 Å². The highest BCUT2D eigenvalue weighted by atomic mass is 16.7. The Bertz CT molecular complexity index is 490. The van der Waals surface area contributed by atoms with Crippen molar-refractivity contribution in [2.75, 3.05) is 32.8 Å². The Hall–Kier alpha value is -1.43. The van der Waals surface area contributed by atoms with Crippen LogP contribution in [0.3, 0.4) is 0 Å². The molecule has 5 nitrogen and oxygen atoms in total. The standard InChI is InChI=1S/C17H24N2O3/c1-14(15-5-3-2-4-6-15)18-16(20)13-19-9-7-17(8-10-19)21-11-12-22-17/h2-6,14H,7-13H2,1H3,(H,18,20). The number of nitrogens with one attached hydrogen (secondary N) is 1. The summed E-state index contributed by atoms with van der Waals surface area (Å²) in [5, 5.41) is 3.06. The van der Waals surface area contributed by atoms with Gasteiger partial charge in [0.1, 0.15) is 0 Å². The summed E-state index contributed by atoms with van der Waals surface area (Å²) in [4.78, 5) is 14.4. The Labute approximate surface area is 131 Å². The smallest absolute Gasteiger partial charge is 0.234 e. The lowest BCUT2D eigenvalue weighted by molar-refractivity contribution is -0.185. The molecule has 0 bridgehead atoms. The molecule has 1 spiro atoms. The van der Waals surface area contributed by atoms with Crippen molar-refractivity contribution in [3.63, 3.8) is 0 Å². The monoisotopic (exact) mass is 304 g/mol. The zero-order chi connectivity index (χ0) is 15.4. The van der Waals surface area contributed by atoms with Crippen molar-refractivity contribution < 1.29 is 14.3 Å². The summed E-state index contributed by atoms with van der Waals surface area (Å²) in [7, 11) is 0. The van der Waals surface area contributed by atoms with Crippen molar-refractivity contribution in [2.24, 2.45) is 0 Å². The zero-order valence-electron chi connectivity index (χ0n) is 13.1. The van der Waals surface area contributed by atoms with Gasteiger partial charge in [0, 0.05) is 25.9 Å². The van der Waals surface area contributed by atoms with Crippen molar-refractivity contribution >= 4 is 5.91 Å². The molecule has 1 aromatic rings. The third kappa shape index (κ3) is 3.66. The minimum atomic E-state index is -0.371. The molecule has 0 saturated carbocycles. The van der Waals surface area contributed by atoms with Crippen LogP contribution in [0.1, 0.15) is 31.4 Å². The van der Waals surface area contributed by atoms with Gasteiger partial charge in [-0.15, -0.1) is 0 Å². The molecule has 5 heteroatoms. The second kappa shape index (κ2) is 6.77. The number of rotatable bonds is 4. The molecule has 1 amide bonds. The van der Waals surface area contributed by atoms with Crippen molar-refractivity contribution in [1.29, 1.82) is 0 Å². The molecule has 1 N–H and O–H groups in total. The zero-order valence-corrected chi connectivity index (χ0v) is 13.1. The Morgan fingerprint density at radius 2 is 1.86 bits per heavy atom. The molecule has 2 fully saturated rings. The summed E-state index contributed by atoms with van der Waals surface area (Å²) in [5.74, 6) is -0.301. The molecule has 120 valence electrons. The lowest BCUT2D eigenvalue weighted by Gasteiger charge is -2.37. The maximum atomic E-state index is 12.2. The maximum Gasteiger partial charge on any atom is 0.234 e. The summed E-state index contributed by atoms with van der Waals surface area (Å²) in [6, 6.07) is 10.1. The van der Waals surface area contributed by atoms with Gasteiger partial charge in [0.05, 0.1) is 25.8 Å². The number of ether oxygens (including phenoxy) is 2. The number of nitrogens with zero attached hydrogens (tertiary/aromatic N) is 1. The Morgan fingerprint density at radius 3 is 2.50 bits per heavy atom. The quantitative estimate of drug-likeness (QED) is 0.920. The number of piperidine rings is 1. The molecule has 1 aromatic carbocycles. The second-order valence-electron chi connectivity index (χ2n) is 6.08. The van der Waals surface area contributed by atoms with Crippen LogP contribution in [0.25, 0.3) is 0 Å². The van der Waals surface area contributed by atoms with Gasteiger partial charge < -0.3 is 14.8 Å². The Morgan fingerprint density at radius 1 is 1.23 bits per heavy atom. The molecule has 2 aliphatic heterocycles. The summed E-state index contributed by atoms with van der Waals surface area (Å²) in [6.45, 7) is 5.51. The van der Waals surface area contributed by atoms with Gasteiger partial charge in [-0.1, -0.05) is 30.3 Å². The first-order valence-corrected chi connectivity index (χ1v) is 8.01. The van der Waals surface area contributed by atoms with Gasteiger partial charge in [0.2, 0.25) is 5.91 Å². The SMILES string of the molecule is CC(NC(=O)CN1CCC2(CC1)OCCO2)c1ccccc1. The maximum absolute atomic E-state index is 12.2. The van der Waals surface area contributed by atoms with Crippen molar-refractivity contribution in [1.82, 2.24) is 10.2 Å². The molecule has 0 radical (unpaired) electrons. The van der Waals surface area contributed by atoms with E-state index in [-0.39, 0.29) is 17.7 Å². The van der Waals surface area contributed by atoms with Gasteiger partial charge in [-0.25, -0.2) is 0 Å². The Balaban J connectivity index is 1.44. The molecule has 2 aliphatic rings. The average molecular weight is 304 g/mol. The summed E-state index contributed by atoms with van der Waals surface area (Å²) < 4.78 is 11.4. The van der Waals surface area contributed by atoms with Crippen LogP contribution in [-0.4, -0.2) is 49.4 Å². The van der Waals surface area contributed by atoms with Gasteiger partial charge in [-0.3, -0.25) is 9.69 Å². The first-order valence-electron chi connectivity index (χ1n) is 8.01. The lowest BCUT2D eigenvalue weighted by atomic mass is 10.0. The fourth-order valence-electron chi connectivity index (χ4n) is 3.15. The van der Waals surface area contributed by atoms with Crippen LogP contribution >= 0.6 is 0 Å². The minimum absolute atomic E-state index is 0.0336. The number of benzene rings is 1. The largest absolute Gasteiger partial charge is 0.348 e. The van der Waals surface area contributed by atoms with Crippen LogP contribution in [-0.2, 0) is 14.3 Å². The second-order valence-corrected chi connectivity index (χ2v) is 6.08. The fraction of sp³-hybridized carbons (Fsp3) is 0.588. The Kier molecular flexibility index (Phi) is 4.76. The molecule has 3 rings (SSSR count). The van der Waals surface area contributed by atoms with E-state index in [1.807, 2.05) is 37.3 Å². The predicted molar refractivity (Wildman–Crippen MR) is 83.3 cm³/mol. The van der Waals surface area contributed by atoms with Crippen LogP contribution in [0.4, 0.5) is 0 Å². The number of likely N-dealkylation sites (tertiary alicyclic amines) is 1. The van der Waals surface area contributed by atoms with E-state index in [2.05, 4.69) is 10.2 Å². The molecular weight excluding hydrogens is 280 g/mol. The van der Waals surface area contributed by atoms with Gasteiger partial charge in [0.15, 0.2) is 5.79 Å². The van der Waals surface area contributed by atoms with E-state index in [1.165, 1.54) is 0 Å². The summed E-state index contributed by atoms with van der Waals surface area (Å²) in [6.07, 6.45) is 1.68. The average Bonchev–Trinajstić information content (AvgIpc) is 2.99. The first-order chi connectivity index (χ1) is 10.7. The molecular formula is C17H24N2O3.